The van der Waals surface area contributed by atoms with E-state index in [2.05, 4.69) is 17.8 Å². The van der Waals surface area contributed by atoms with E-state index in [1.807, 2.05) is 12.1 Å². The quantitative estimate of drug-likeness (QED) is 0.840. The summed E-state index contributed by atoms with van der Waals surface area (Å²) in [4.78, 5) is 24.0. The number of carbonyl (C=O) groups excluding carboxylic acids is 2. The van der Waals surface area contributed by atoms with Crippen LogP contribution in [0.1, 0.15) is 54.9 Å². The molecule has 1 aromatic carbocycles. The van der Waals surface area contributed by atoms with Crippen LogP contribution in [-0.4, -0.2) is 11.8 Å². The fraction of sp³-hybridized carbons (Fsp3) is 0.556. The topological polar surface area (TPSA) is 58.2 Å². The van der Waals surface area contributed by atoms with Gasteiger partial charge in [-0.1, -0.05) is 25.5 Å². The van der Waals surface area contributed by atoms with Crippen LogP contribution in [0.4, 0.5) is 0 Å². The molecule has 3 rings (SSSR count). The number of hydrogen-bond acceptors (Lipinski definition) is 2. The third-order valence-electron chi connectivity index (χ3n) is 5.27. The van der Waals surface area contributed by atoms with Crippen molar-refractivity contribution in [1.29, 1.82) is 0 Å². The molecule has 0 heterocycles. The van der Waals surface area contributed by atoms with E-state index in [1.54, 1.807) is 12.1 Å². The normalized spacial score (nSPS) is 26.0. The van der Waals surface area contributed by atoms with E-state index in [1.165, 1.54) is 31.2 Å². The van der Waals surface area contributed by atoms with Crippen molar-refractivity contribution in [2.45, 2.75) is 45.4 Å². The fourth-order valence-electron chi connectivity index (χ4n) is 4.01. The number of fused-ring (bicyclic) bond motifs is 2. The summed E-state index contributed by atoms with van der Waals surface area (Å²) in [5.74, 6) is 1.75. The molecule has 0 unspecified atom stereocenters. The third-order valence-corrected chi connectivity index (χ3v) is 5.27. The van der Waals surface area contributed by atoms with E-state index >= 15 is 0 Å². The second-order valence-corrected chi connectivity index (χ2v) is 6.69. The molecule has 0 saturated heterocycles. The van der Waals surface area contributed by atoms with E-state index in [0.717, 1.165) is 18.3 Å². The first-order valence-corrected chi connectivity index (χ1v) is 8.33. The van der Waals surface area contributed by atoms with Gasteiger partial charge in [-0.25, -0.2) is 0 Å². The second kappa shape index (κ2) is 6.51. The number of aryl methyl sites for hydroxylation is 1. The highest BCUT2D eigenvalue weighted by Gasteiger charge is 2.40. The van der Waals surface area contributed by atoms with E-state index in [0.29, 0.717) is 17.9 Å². The Bertz CT molecular complexity index is 553. The molecule has 4 heteroatoms. The van der Waals surface area contributed by atoms with Gasteiger partial charge in [0, 0.05) is 12.0 Å². The summed E-state index contributed by atoms with van der Waals surface area (Å²) >= 11 is 0. The number of amides is 2. The minimum absolute atomic E-state index is 0.0731. The van der Waals surface area contributed by atoms with Gasteiger partial charge >= 0.3 is 0 Å². The summed E-state index contributed by atoms with van der Waals surface area (Å²) in [6.45, 7) is 2.07. The molecule has 22 heavy (non-hydrogen) atoms. The average Bonchev–Trinajstić information content (AvgIpc) is 3.15. The number of hydrazine groups is 1. The molecule has 4 nitrogen and oxygen atoms in total. The lowest BCUT2D eigenvalue weighted by Gasteiger charge is -2.20. The monoisotopic (exact) mass is 300 g/mol. The molecule has 0 aromatic heterocycles. The zero-order chi connectivity index (χ0) is 15.5. The summed E-state index contributed by atoms with van der Waals surface area (Å²) < 4.78 is 0. The summed E-state index contributed by atoms with van der Waals surface area (Å²) in [6, 6.07) is 7.45. The number of benzene rings is 1. The molecule has 2 aliphatic carbocycles. The standard InChI is InChI=1S/C18H24N2O2/c1-2-12-3-6-14(7-4-12)18(22)20-19-17(21)11-16-10-13-5-8-15(16)9-13/h3-4,6-7,13,15-16H,2,5,8-11H2,1H3,(H,19,21)(H,20,22)/t13-,15+,16+/m0/s1. The highest BCUT2D eigenvalue weighted by molar-refractivity contribution is 5.95. The predicted molar refractivity (Wildman–Crippen MR) is 85.0 cm³/mol. The Morgan fingerprint density at radius 1 is 1.09 bits per heavy atom. The van der Waals surface area contributed by atoms with Crippen molar-refractivity contribution in [3.05, 3.63) is 35.4 Å². The van der Waals surface area contributed by atoms with Gasteiger partial charge in [-0.2, -0.15) is 0 Å². The molecule has 118 valence electrons. The maximum absolute atomic E-state index is 12.0. The van der Waals surface area contributed by atoms with Crippen molar-refractivity contribution in [3.8, 4) is 0 Å². The lowest BCUT2D eigenvalue weighted by molar-refractivity contribution is -0.123. The minimum atomic E-state index is -0.260. The SMILES string of the molecule is CCc1ccc(C(=O)NNC(=O)C[C@H]2C[C@H]3CC[C@@H]2C3)cc1. The number of rotatable bonds is 4. The molecule has 0 radical (unpaired) electrons. The van der Waals surface area contributed by atoms with Crippen LogP contribution in [0.3, 0.4) is 0 Å². The van der Waals surface area contributed by atoms with E-state index < -0.39 is 0 Å². The Morgan fingerprint density at radius 3 is 2.45 bits per heavy atom. The van der Waals surface area contributed by atoms with Crippen molar-refractivity contribution < 1.29 is 9.59 Å². The van der Waals surface area contributed by atoms with Gasteiger partial charge in [0.2, 0.25) is 5.91 Å². The van der Waals surface area contributed by atoms with Crippen LogP contribution in [0.2, 0.25) is 0 Å². The summed E-state index contributed by atoms with van der Waals surface area (Å²) in [6.07, 6.45) is 6.59. The van der Waals surface area contributed by atoms with Gasteiger partial charge in [-0.05, 0) is 61.1 Å². The first-order chi connectivity index (χ1) is 10.7. The molecule has 1 aromatic rings. The van der Waals surface area contributed by atoms with Crippen LogP contribution in [0.15, 0.2) is 24.3 Å². The number of hydrogen-bond donors (Lipinski definition) is 2. The van der Waals surface area contributed by atoms with Gasteiger partial charge in [-0.15, -0.1) is 0 Å². The molecule has 2 amide bonds. The number of nitrogens with one attached hydrogen (secondary N) is 2. The van der Waals surface area contributed by atoms with E-state index in [9.17, 15) is 9.59 Å². The van der Waals surface area contributed by atoms with Crippen LogP contribution in [0, 0.1) is 17.8 Å². The third kappa shape index (κ3) is 3.32. The van der Waals surface area contributed by atoms with Gasteiger partial charge < -0.3 is 0 Å². The molecule has 2 saturated carbocycles. The molecular weight excluding hydrogens is 276 g/mol. The first-order valence-electron chi connectivity index (χ1n) is 8.33. The van der Waals surface area contributed by atoms with Crippen LogP contribution in [0.5, 0.6) is 0 Å². The Labute approximate surface area is 131 Å². The molecular formula is C18H24N2O2. The average molecular weight is 300 g/mol. The first kappa shape index (κ1) is 15.1. The highest BCUT2D eigenvalue weighted by atomic mass is 16.2. The van der Waals surface area contributed by atoms with Crippen LogP contribution < -0.4 is 10.9 Å². The predicted octanol–water partition coefficient (Wildman–Crippen LogP) is 2.84. The van der Waals surface area contributed by atoms with Crippen molar-refractivity contribution in [3.63, 3.8) is 0 Å². The van der Waals surface area contributed by atoms with Crippen molar-refractivity contribution in [2.24, 2.45) is 17.8 Å². The Hall–Kier alpha value is -1.84. The maximum Gasteiger partial charge on any atom is 0.269 e. The van der Waals surface area contributed by atoms with Gasteiger partial charge in [0.1, 0.15) is 0 Å². The van der Waals surface area contributed by atoms with Crippen molar-refractivity contribution in [1.82, 2.24) is 10.9 Å². The molecule has 2 N–H and O–H groups in total. The molecule has 2 bridgehead atoms. The van der Waals surface area contributed by atoms with Crippen LogP contribution in [-0.2, 0) is 11.2 Å². The zero-order valence-electron chi connectivity index (χ0n) is 13.1. The fourth-order valence-corrected chi connectivity index (χ4v) is 4.01. The van der Waals surface area contributed by atoms with E-state index in [4.69, 9.17) is 0 Å². The van der Waals surface area contributed by atoms with Gasteiger partial charge in [0.05, 0.1) is 0 Å². The Kier molecular flexibility index (Phi) is 4.46. The largest absolute Gasteiger partial charge is 0.273 e. The highest BCUT2D eigenvalue weighted by Crippen LogP contribution is 2.49. The molecule has 0 spiro atoms. The minimum Gasteiger partial charge on any atom is -0.273 e. The van der Waals surface area contributed by atoms with Crippen molar-refractivity contribution >= 4 is 11.8 Å². The van der Waals surface area contributed by atoms with Gasteiger partial charge in [0.15, 0.2) is 0 Å². The molecule has 2 aliphatic rings. The smallest absolute Gasteiger partial charge is 0.269 e. The van der Waals surface area contributed by atoms with Crippen molar-refractivity contribution in [2.75, 3.05) is 0 Å². The lowest BCUT2D eigenvalue weighted by Crippen LogP contribution is -2.42. The second-order valence-electron chi connectivity index (χ2n) is 6.69. The Morgan fingerprint density at radius 2 is 1.86 bits per heavy atom. The summed E-state index contributed by atoms with van der Waals surface area (Å²) in [7, 11) is 0. The van der Waals surface area contributed by atoms with Crippen LogP contribution in [0.25, 0.3) is 0 Å². The van der Waals surface area contributed by atoms with Crippen LogP contribution >= 0.6 is 0 Å². The van der Waals surface area contributed by atoms with E-state index in [-0.39, 0.29) is 11.8 Å². The molecule has 0 aliphatic heterocycles. The number of carbonyl (C=O) groups is 2. The van der Waals surface area contributed by atoms with Gasteiger partial charge in [0.25, 0.3) is 5.91 Å². The molecule has 2 fully saturated rings. The zero-order valence-corrected chi connectivity index (χ0v) is 13.1. The maximum atomic E-state index is 12.0. The summed E-state index contributed by atoms with van der Waals surface area (Å²) in [5, 5.41) is 0. The summed E-state index contributed by atoms with van der Waals surface area (Å²) in [5.41, 5.74) is 6.83. The molecule has 3 atom stereocenters. The van der Waals surface area contributed by atoms with Gasteiger partial charge in [-0.3, -0.25) is 20.4 Å². The Balaban J connectivity index is 1.45. The lowest BCUT2D eigenvalue weighted by atomic mass is 9.86.